The van der Waals surface area contributed by atoms with E-state index in [1.54, 1.807) is 12.2 Å². The van der Waals surface area contributed by atoms with Crippen molar-refractivity contribution in [3.05, 3.63) is 82.4 Å². The first kappa shape index (κ1) is 18.7. The van der Waals surface area contributed by atoms with Gasteiger partial charge in [-0.15, -0.1) is 13.2 Å². The first-order chi connectivity index (χ1) is 12.5. The molecule has 0 saturated carbocycles. The lowest BCUT2D eigenvalue weighted by Gasteiger charge is -2.12. The average molecular weight is 353 g/mol. The van der Waals surface area contributed by atoms with Gasteiger partial charge >= 0.3 is 0 Å². The molecule has 0 spiro atoms. The first-order valence-electron chi connectivity index (χ1n) is 7.80. The third-order valence-electron chi connectivity index (χ3n) is 3.68. The van der Waals surface area contributed by atoms with Crippen molar-refractivity contribution in [2.45, 2.75) is 12.8 Å². The van der Waals surface area contributed by atoms with Crippen LogP contribution in [0.25, 0.3) is 0 Å². The number of nitrogens with zero attached hydrogens (tertiary/aromatic N) is 2. The summed E-state index contributed by atoms with van der Waals surface area (Å²) in [5.41, 5.74) is 4.66. The Morgan fingerprint density at radius 3 is 2.38 bits per heavy atom. The van der Waals surface area contributed by atoms with Gasteiger partial charge in [0.1, 0.15) is 11.5 Å². The fraction of sp³-hybridized carbons (Fsp3) is 0.105. The number of allylic oxidation sites excluding steroid dienone is 2. The van der Waals surface area contributed by atoms with Crippen LogP contribution in [-0.4, -0.2) is 21.4 Å². The largest absolute Gasteiger partial charge is 0.508 e. The molecular weight excluding hydrogens is 334 g/mol. The van der Waals surface area contributed by atoms with E-state index in [0.717, 1.165) is 0 Å². The predicted molar refractivity (Wildman–Crippen MR) is 102 cm³/mol. The van der Waals surface area contributed by atoms with Crippen molar-refractivity contribution in [3.8, 4) is 11.5 Å². The smallest absolute Gasteiger partial charge is 0.269 e. The van der Waals surface area contributed by atoms with E-state index in [2.05, 4.69) is 23.7 Å². The molecule has 7 nitrogen and oxygen atoms in total. The number of rotatable bonds is 8. The number of hydrogen-bond acceptors (Lipinski definition) is 6. The lowest BCUT2D eigenvalue weighted by molar-refractivity contribution is -0.384. The number of aromatic hydroxyl groups is 2. The molecule has 0 radical (unpaired) electrons. The number of anilines is 1. The summed E-state index contributed by atoms with van der Waals surface area (Å²) >= 11 is 0. The number of hydrazone groups is 1. The molecule has 3 N–H and O–H groups in total. The molecule has 0 heterocycles. The van der Waals surface area contributed by atoms with Gasteiger partial charge in [-0.25, -0.2) is 0 Å². The van der Waals surface area contributed by atoms with Crippen molar-refractivity contribution >= 4 is 17.6 Å². The molecule has 0 atom stereocenters. The zero-order valence-electron chi connectivity index (χ0n) is 14.1. The van der Waals surface area contributed by atoms with Gasteiger partial charge in [-0.2, -0.15) is 5.10 Å². The number of phenols is 2. The summed E-state index contributed by atoms with van der Waals surface area (Å²) < 4.78 is 0. The number of phenolic OH excluding ortho intramolecular Hbond substituents is 2. The zero-order valence-corrected chi connectivity index (χ0v) is 14.1. The lowest BCUT2D eigenvalue weighted by Crippen LogP contribution is -1.99. The number of nitro groups is 1. The standard InChI is InChI=1S/C19H19N3O4/c1-3-5-13-11-18(23)16(6-4-2)17(19(13)24)12-20-21-14-7-9-15(10-8-14)22(25)26/h3-4,7-12,21,23-24H,1-2,5-6H2. The Morgan fingerprint density at radius 2 is 1.81 bits per heavy atom. The third-order valence-corrected chi connectivity index (χ3v) is 3.68. The van der Waals surface area contributed by atoms with E-state index in [-0.39, 0.29) is 17.2 Å². The minimum Gasteiger partial charge on any atom is -0.508 e. The highest BCUT2D eigenvalue weighted by atomic mass is 16.6. The van der Waals surface area contributed by atoms with E-state index in [0.29, 0.717) is 35.2 Å². The summed E-state index contributed by atoms with van der Waals surface area (Å²) in [6.07, 6.45) is 5.37. The molecule has 0 amide bonds. The fourth-order valence-corrected chi connectivity index (χ4v) is 2.41. The second-order valence-corrected chi connectivity index (χ2v) is 5.46. The van der Waals surface area contributed by atoms with E-state index in [1.165, 1.54) is 36.5 Å². The van der Waals surface area contributed by atoms with Crippen LogP contribution in [0.3, 0.4) is 0 Å². The monoisotopic (exact) mass is 353 g/mol. The highest BCUT2D eigenvalue weighted by Crippen LogP contribution is 2.33. The van der Waals surface area contributed by atoms with E-state index in [9.17, 15) is 20.3 Å². The summed E-state index contributed by atoms with van der Waals surface area (Å²) in [5, 5.41) is 35.4. The molecule has 0 bridgehead atoms. The molecule has 7 heteroatoms. The van der Waals surface area contributed by atoms with Gasteiger partial charge in [0.05, 0.1) is 16.8 Å². The summed E-state index contributed by atoms with van der Waals surface area (Å²) in [6.45, 7) is 7.29. The van der Waals surface area contributed by atoms with E-state index in [1.807, 2.05) is 0 Å². The van der Waals surface area contributed by atoms with E-state index < -0.39 is 4.92 Å². The van der Waals surface area contributed by atoms with Gasteiger partial charge in [-0.05, 0) is 31.0 Å². The van der Waals surface area contributed by atoms with Crippen LogP contribution in [0.5, 0.6) is 11.5 Å². The number of hydrogen-bond donors (Lipinski definition) is 3. The molecule has 26 heavy (non-hydrogen) atoms. The van der Waals surface area contributed by atoms with Gasteiger partial charge in [0.2, 0.25) is 0 Å². The molecule has 0 aliphatic carbocycles. The van der Waals surface area contributed by atoms with Crippen LogP contribution in [-0.2, 0) is 12.8 Å². The van der Waals surface area contributed by atoms with Crippen LogP contribution >= 0.6 is 0 Å². The maximum Gasteiger partial charge on any atom is 0.269 e. The highest BCUT2D eigenvalue weighted by molar-refractivity contribution is 5.88. The zero-order chi connectivity index (χ0) is 19.1. The number of nitrogens with one attached hydrogen (secondary N) is 1. The topological polar surface area (TPSA) is 108 Å². The Bertz CT molecular complexity index is 858. The van der Waals surface area contributed by atoms with Crippen molar-refractivity contribution < 1.29 is 15.1 Å². The molecule has 0 aliphatic rings. The van der Waals surface area contributed by atoms with Crippen molar-refractivity contribution in [3.63, 3.8) is 0 Å². The number of benzene rings is 2. The highest BCUT2D eigenvalue weighted by Gasteiger charge is 2.15. The van der Waals surface area contributed by atoms with Gasteiger partial charge in [0.15, 0.2) is 0 Å². The van der Waals surface area contributed by atoms with Crippen molar-refractivity contribution in [2.75, 3.05) is 5.43 Å². The minimum atomic E-state index is -0.486. The van der Waals surface area contributed by atoms with Gasteiger partial charge in [0, 0.05) is 28.8 Å². The van der Waals surface area contributed by atoms with Crippen molar-refractivity contribution in [1.82, 2.24) is 0 Å². The quantitative estimate of drug-likeness (QED) is 0.219. The van der Waals surface area contributed by atoms with Gasteiger partial charge in [-0.3, -0.25) is 15.5 Å². The van der Waals surface area contributed by atoms with Crippen LogP contribution in [0.4, 0.5) is 11.4 Å². The minimum absolute atomic E-state index is 0.00815. The van der Waals surface area contributed by atoms with Crippen molar-refractivity contribution in [2.24, 2.45) is 5.10 Å². The van der Waals surface area contributed by atoms with Crippen LogP contribution in [0.2, 0.25) is 0 Å². The summed E-state index contributed by atoms with van der Waals surface area (Å²) in [7, 11) is 0. The SMILES string of the molecule is C=CCc1cc(O)c(CC=C)c(C=NNc2ccc([N+](=O)[O-])cc2)c1O. The average Bonchev–Trinajstić information content (AvgIpc) is 2.62. The van der Waals surface area contributed by atoms with E-state index >= 15 is 0 Å². The van der Waals surface area contributed by atoms with Crippen molar-refractivity contribution in [1.29, 1.82) is 0 Å². The molecule has 0 unspecified atom stereocenters. The molecule has 2 aromatic rings. The van der Waals surface area contributed by atoms with E-state index in [4.69, 9.17) is 0 Å². The third kappa shape index (κ3) is 4.27. The van der Waals surface area contributed by atoms with Crippen LogP contribution in [0, 0.1) is 10.1 Å². The molecule has 0 aliphatic heterocycles. The Morgan fingerprint density at radius 1 is 1.15 bits per heavy atom. The maximum atomic E-state index is 10.7. The normalized spacial score (nSPS) is 10.6. The van der Waals surface area contributed by atoms with Gasteiger partial charge in [0.25, 0.3) is 5.69 Å². The summed E-state index contributed by atoms with van der Waals surface area (Å²) in [5.74, 6) is 0.0464. The van der Waals surface area contributed by atoms with Crippen LogP contribution < -0.4 is 5.43 Å². The second kappa shape index (κ2) is 8.48. The number of non-ortho nitro benzene ring substituents is 1. The number of nitro benzene ring substituents is 1. The first-order valence-corrected chi connectivity index (χ1v) is 7.80. The maximum absolute atomic E-state index is 10.7. The van der Waals surface area contributed by atoms with Crippen LogP contribution in [0.15, 0.2) is 60.7 Å². The Kier molecular flexibility index (Phi) is 6.10. The second-order valence-electron chi connectivity index (χ2n) is 5.46. The Hall–Kier alpha value is -3.61. The van der Waals surface area contributed by atoms with Gasteiger partial charge < -0.3 is 10.2 Å². The molecule has 134 valence electrons. The van der Waals surface area contributed by atoms with Gasteiger partial charge in [-0.1, -0.05) is 12.2 Å². The summed E-state index contributed by atoms with van der Waals surface area (Å²) in [4.78, 5) is 10.2. The summed E-state index contributed by atoms with van der Waals surface area (Å²) in [6, 6.07) is 7.25. The molecule has 2 aromatic carbocycles. The van der Waals surface area contributed by atoms with Crippen LogP contribution in [0.1, 0.15) is 16.7 Å². The Labute approximate surface area is 150 Å². The fourth-order valence-electron chi connectivity index (χ4n) is 2.41. The molecule has 2 rings (SSSR count). The molecule has 0 fully saturated rings. The lowest BCUT2D eigenvalue weighted by atomic mass is 9.97. The molecular formula is C19H19N3O4. The predicted octanol–water partition coefficient (Wildman–Crippen LogP) is 3.91. The molecule has 0 saturated heterocycles. The molecule has 0 aromatic heterocycles. The Balaban J connectivity index is 2.30.